The van der Waals surface area contributed by atoms with Gasteiger partial charge in [0.1, 0.15) is 5.82 Å². The van der Waals surface area contributed by atoms with Crippen LogP contribution in [0.2, 0.25) is 0 Å². The number of fused-ring (bicyclic) bond motifs is 1. The van der Waals surface area contributed by atoms with Gasteiger partial charge < -0.3 is 15.4 Å². The monoisotopic (exact) mass is 356 g/mol. The molecule has 0 bridgehead atoms. The molecule has 1 aliphatic rings. The SMILES string of the molecule is NC(c1ccccc1)c1nnc2n1CCCCC2.O=C(O)C(F)(F)F. The van der Waals surface area contributed by atoms with Crippen LogP contribution in [0.15, 0.2) is 30.3 Å². The summed E-state index contributed by atoms with van der Waals surface area (Å²) in [6, 6.07) is 9.93. The van der Waals surface area contributed by atoms with E-state index in [1.165, 1.54) is 19.3 Å². The summed E-state index contributed by atoms with van der Waals surface area (Å²) in [4.78, 5) is 8.90. The number of halogens is 3. The van der Waals surface area contributed by atoms with Crippen molar-refractivity contribution in [2.24, 2.45) is 5.73 Å². The number of nitrogens with zero attached hydrogens (tertiary/aromatic N) is 3. The molecule has 0 radical (unpaired) electrons. The smallest absolute Gasteiger partial charge is 0.475 e. The molecule has 2 heterocycles. The van der Waals surface area contributed by atoms with Crippen molar-refractivity contribution in [3.8, 4) is 0 Å². The van der Waals surface area contributed by atoms with Gasteiger partial charge in [0, 0.05) is 13.0 Å². The molecular weight excluding hydrogens is 337 g/mol. The number of carboxylic acid groups (broad SMARTS) is 1. The van der Waals surface area contributed by atoms with Gasteiger partial charge in [0.25, 0.3) is 0 Å². The molecule has 0 saturated heterocycles. The highest BCUT2D eigenvalue weighted by molar-refractivity contribution is 5.73. The van der Waals surface area contributed by atoms with Crippen molar-refractivity contribution >= 4 is 5.97 Å². The van der Waals surface area contributed by atoms with E-state index in [1.54, 1.807) is 0 Å². The van der Waals surface area contributed by atoms with Crippen molar-refractivity contribution in [3.63, 3.8) is 0 Å². The molecule has 0 spiro atoms. The molecule has 1 atom stereocenters. The molecule has 0 aliphatic carbocycles. The quantitative estimate of drug-likeness (QED) is 0.863. The minimum atomic E-state index is -5.08. The molecule has 0 fully saturated rings. The minimum Gasteiger partial charge on any atom is -0.475 e. The van der Waals surface area contributed by atoms with Crippen LogP contribution in [0.25, 0.3) is 0 Å². The third-order valence-electron chi connectivity index (χ3n) is 3.82. The van der Waals surface area contributed by atoms with E-state index < -0.39 is 12.1 Å². The Morgan fingerprint density at radius 3 is 2.40 bits per heavy atom. The second kappa shape index (κ2) is 8.11. The van der Waals surface area contributed by atoms with Gasteiger partial charge in [-0.2, -0.15) is 13.2 Å². The van der Waals surface area contributed by atoms with Gasteiger partial charge in [0.2, 0.25) is 0 Å². The fourth-order valence-electron chi connectivity index (χ4n) is 2.55. The predicted octanol–water partition coefficient (Wildman–Crippen LogP) is 2.69. The minimum absolute atomic E-state index is 0.175. The number of nitrogens with two attached hydrogens (primary N) is 1. The second-order valence-corrected chi connectivity index (χ2v) is 5.63. The third-order valence-corrected chi connectivity index (χ3v) is 3.82. The first-order valence-corrected chi connectivity index (χ1v) is 7.83. The van der Waals surface area contributed by atoms with Crippen molar-refractivity contribution < 1.29 is 23.1 Å². The van der Waals surface area contributed by atoms with E-state index in [1.807, 2.05) is 30.3 Å². The molecular formula is C16H19F3N4O2. The summed E-state index contributed by atoms with van der Waals surface area (Å²) in [7, 11) is 0. The number of rotatable bonds is 2. The van der Waals surface area contributed by atoms with E-state index in [0.717, 1.165) is 30.2 Å². The van der Waals surface area contributed by atoms with Gasteiger partial charge >= 0.3 is 12.1 Å². The van der Waals surface area contributed by atoms with Crippen molar-refractivity contribution in [1.29, 1.82) is 0 Å². The zero-order valence-electron chi connectivity index (χ0n) is 13.4. The van der Waals surface area contributed by atoms with E-state index >= 15 is 0 Å². The summed E-state index contributed by atoms with van der Waals surface area (Å²) in [6.45, 7) is 0.998. The number of carboxylic acids is 1. The van der Waals surface area contributed by atoms with E-state index in [9.17, 15) is 13.2 Å². The molecule has 9 heteroatoms. The fourth-order valence-corrected chi connectivity index (χ4v) is 2.55. The number of aryl methyl sites for hydroxylation is 1. The Bertz CT molecular complexity index is 701. The van der Waals surface area contributed by atoms with Crippen LogP contribution >= 0.6 is 0 Å². The number of benzene rings is 1. The van der Waals surface area contributed by atoms with Crippen LogP contribution < -0.4 is 5.73 Å². The molecule has 6 nitrogen and oxygen atoms in total. The zero-order valence-corrected chi connectivity index (χ0v) is 13.4. The molecule has 0 amide bonds. The highest BCUT2D eigenvalue weighted by Crippen LogP contribution is 2.22. The summed E-state index contributed by atoms with van der Waals surface area (Å²) in [5.74, 6) is -0.764. The molecule has 1 aromatic carbocycles. The molecule has 1 aliphatic heterocycles. The maximum Gasteiger partial charge on any atom is 0.490 e. The van der Waals surface area contributed by atoms with Gasteiger partial charge in [0.05, 0.1) is 6.04 Å². The summed E-state index contributed by atoms with van der Waals surface area (Å²) in [5, 5.41) is 15.7. The molecule has 2 aromatic rings. The van der Waals surface area contributed by atoms with Crippen LogP contribution in [0.5, 0.6) is 0 Å². The van der Waals surface area contributed by atoms with Gasteiger partial charge in [-0.15, -0.1) is 10.2 Å². The Balaban J connectivity index is 0.000000277. The van der Waals surface area contributed by atoms with Crippen molar-refractivity contribution in [3.05, 3.63) is 47.5 Å². The third kappa shape index (κ3) is 5.02. The predicted molar refractivity (Wildman–Crippen MR) is 83.7 cm³/mol. The Labute approximate surface area is 142 Å². The number of alkyl halides is 3. The number of hydrogen-bond donors (Lipinski definition) is 2. The summed E-state index contributed by atoms with van der Waals surface area (Å²) in [6.07, 6.45) is -0.393. The van der Waals surface area contributed by atoms with Crippen LogP contribution in [0.3, 0.4) is 0 Å². The first-order valence-electron chi connectivity index (χ1n) is 7.83. The van der Waals surface area contributed by atoms with E-state index in [4.69, 9.17) is 15.6 Å². The maximum atomic E-state index is 10.6. The summed E-state index contributed by atoms with van der Waals surface area (Å²) >= 11 is 0. The van der Waals surface area contributed by atoms with E-state index in [2.05, 4.69) is 14.8 Å². The number of aliphatic carboxylic acids is 1. The highest BCUT2D eigenvalue weighted by Gasteiger charge is 2.38. The van der Waals surface area contributed by atoms with E-state index in [0.29, 0.717) is 0 Å². The Morgan fingerprint density at radius 1 is 1.16 bits per heavy atom. The maximum absolute atomic E-state index is 10.6. The largest absolute Gasteiger partial charge is 0.490 e. The Kier molecular flexibility index (Phi) is 6.13. The van der Waals surface area contributed by atoms with Gasteiger partial charge in [-0.05, 0) is 18.4 Å². The van der Waals surface area contributed by atoms with Crippen LogP contribution in [0.1, 0.15) is 42.5 Å². The van der Waals surface area contributed by atoms with Crippen molar-refractivity contribution in [1.82, 2.24) is 14.8 Å². The molecule has 1 unspecified atom stereocenters. The Morgan fingerprint density at radius 2 is 1.80 bits per heavy atom. The second-order valence-electron chi connectivity index (χ2n) is 5.63. The van der Waals surface area contributed by atoms with Crippen LogP contribution in [-0.2, 0) is 17.8 Å². The van der Waals surface area contributed by atoms with Crippen LogP contribution in [0.4, 0.5) is 13.2 Å². The first-order chi connectivity index (χ1) is 11.8. The molecule has 136 valence electrons. The number of aromatic nitrogens is 3. The summed E-state index contributed by atoms with van der Waals surface area (Å²) < 4.78 is 33.9. The molecule has 3 N–H and O–H groups in total. The number of hydrogen-bond acceptors (Lipinski definition) is 4. The summed E-state index contributed by atoms with van der Waals surface area (Å²) in [5.41, 5.74) is 7.41. The average molecular weight is 356 g/mol. The Hall–Kier alpha value is -2.42. The van der Waals surface area contributed by atoms with Crippen LogP contribution in [-0.4, -0.2) is 32.0 Å². The van der Waals surface area contributed by atoms with E-state index in [-0.39, 0.29) is 6.04 Å². The molecule has 25 heavy (non-hydrogen) atoms. The highest BCUT2D eigenvalue weighted by atomic mass is 19.4. The lowest BCUT2D eigenvalue weighted by molar-refractivity contribution is -0.192. The topological polar surface area (TPSA) is 94.0 Å². The van der Waals surface area contributed by atoms with Crippen LogP contribution in [0, 0.1) is 0 Å². The van der Waals surface area contributed by atoms with Gasteiger partial charge in [0.15, 0.2) is 5.82 Å². The zero-order chi connectivity index (χ0) is 18.4. The number of carbonyl (C=O) groups is 1. The molecule has 3 rings (SSSR count). The lowest BCUT2D eigenvalue weighted by Crippen LogP contribution is -2.21. The lowest BCUT2D eigenvalue weighted by Gasteiger charge is -2.13. The van der Waals surface area contributed by atoms with Gasteiger partial charge in [-0.3, -0.25) is 0 Å². The molecule has 1 aromatic heterocycles. The van der Waals surface area contributed by atoms with Gasteiger partial charge in [-0.25, -0.2) is 4.79 Å². The normalized spacial score (nSPS) is 15.4. The van der Waals surface area contributed by atoms with Gasteiger partial charge in [-0.1, -0.05) is 36.8 Å². The fraction of sp³-hybridized carbons (Fsp3) is 0.438. The van der Waals surface area contributed by atoms with Crippen molar-refractivity contribution in [2.45, 2.75) is 44.4 Å². The lowest BCUT2D eigenvalue weighted by atomic mass is 10.1. The first kappa shape index (κ1) is 18.9. The standard InChI is InChI=1S/C14H18N4.C2HF3O2/c15-13(11-7-3-1-4-8-11)14-17-16-12-9-5-2-6-10-18(12)14;3-2(4,5)1(6)7/h1,3-4,7-8,13H,2,5-6,9-10,15H2;(H,6,7). The molecule has 0 saturated carbocycles. The van der Waals surface area contributed by atoms with Crippen molar-refractivity contribution in [2.75, 3.05) is 0 Å². The average Bonchev–Trinajstić information content (AvgIpc) is 2.83.